The number of aliphatic imine (C=N–C) groups is 1. The first-order chi connectivity index (χ1) is 8.13. The summed E-state index contributed by atoms with van der Waals surface area (Å²) in [7, 11) is 0. The summed E-state index contributed by atoms with van der Waals surface area (Å²) < 4.78 is 5.70. The lowest BCUT2D eigenvalue weighted by Crippen LogP contribution is -2.23. The van der Waals surface area contributed by atoms with E-state index in [4.69, 9.17) is 10.5 Å². The third-order valence-electron chi connectivity index (χ3n) is 3.42. The van der Waals surface area contributed by atoms with E-state index in [1.54, 1.807) is 0 Å². The van der Waals surface area contributed by atoms with Crippen LogP contribution in [0.2, 0.25) is 0 Å². The van der Waals surface area contributed by atoms with Crippen LogP contribution in [0.15, 0.2) is 41.6 Å². The molecule has 0 fully saturated rings. The van der Waals surface area contributed by atoms with Crippen molar-refractivity contribution in [2.75, 3.05) is 5.73 Å². The molecule has 3 nitrogen and oxygen atoms in total. The van der Waals surface area contributed by atoms with Crippen LogP contribution in [0, 0.1) is 0 Å². The lowest BCUT2D eigenvalue weighted by atomic mass is 9.92. The van der Waals surface area contributed by atoms with Crippen molar-refractivity contribution in [3.63, 3.8) is 0 Å². The van der Waals surface area contributed by atoms with Crippen LogP contribution in [-0.4, -0.2) is 11.4 Å². The molecule has 0 bridgehead atoms. The summed E-state index contributed by atoms with van der Waals surface area (Å²) in [6.45, 7) is 8.17. The number of hydrogen-bond acceptors (Lipinski definition) is 3. The number of nitrogens with zero attached hydrogens (tertiary/aromatic N) is 1. The predicted molar refractivity (Wildman–Crippen MR) is 70.9 cm³/mol. The highest BCUT2D eigenvalue weighted by atomic mass is 16.5. The number of nitrogen functional groups attached to an aromatic ring is 1. The van der Waals surface area contributed by atoms with Gasteiger partial charge in [-0.05, 0) is 25.0 Å². The zero-order valence-corrected chi connectivity index (χ0v) is 10.4. The quantitative estimate of drug-likeness (QED) is 0.811. The minimum absolute atomic E-state index is 0.280. The lowest BCUT2D eigenvalue weighted by Gasteiger charge is -2.20. The Morgan fingerprint density at radius 3 is 2.47 bits per heavy atom. The van der Waals surface area contributed by atoms with Gasteiger partial charge in [0.15, 0.2) is 0 Å². The SMILES string of the molecule is C=C1OC(c2ccccc2N)=NC1(CC)CC. The molecule has 0 radical (unpaired) electrons. The van der Waals surface area contributed by atoms with Gasteiger partial charge in [-0.1, -0.05) is 32.6 Å². The molecule has 17 heavy (non-hydrogen) atoms. The fourth-order valence-electron chi connectivity index (χ4n) is 2.10. The van der Waals surface area contributed by atoms with E-state index in [0.717, 1.165) is 24.2 Å². The molecular weight excluding hydrogens is 212 g/mol. The molecule has 1 aromatic carbocycles. The van der Waals surface area contributed by atoms with Gasteiger partial charge in [-0.2, -0.15) is 0 Å². The molecule has 0 saturated heterocycles. The molecule has 3 heteroatoms. The molecule has 0 spiro atoms. The fraction of sp³-hybridized carbons (Fsp3) is 0.357. The van der Waals surface area contributed by atoms with Crippen molar-refractivity contribution >= 4 is 11.6 Å². The summed E-state index contributed by atoms with van der Waals surface area (Å²) in [5.41, 5.74) is 7.17. The van der Waals surface area contributed by atoms with Crippen LogP contribution in [-0.2, 0) is 4.74 Å². The van der Waals surface area contributed by atoms with Crippen LogP contribution in [0.5, 0.6) is 0 Å². The van der Waals surface area contributed by atoms with Gasteiger partial charge in [0.25, 0.3) is 0 Å². The molecule has 0 aromatic heterocycles. The van der Waals surface area contributed by atoms with Gasteiger partial charge in [0, 0.05) is 5.69 Å². The van der Waals surface area contributed by atoms with E-state index in [1.165, 1.54) is 0 Å². The summed E-state index contributed by atoms with van der Waals surface area (Å²) in [4.78, 5) is 4.68. The topological polar surface area (TPSA) is 47.6 Å². The van der Waals surface area contributed by atoms with Gasteiger partial charge in [0.05, 0.1) is 5.56 Å². The van der Waals surface area contributed by atoms with Crippen LogP contribution in [0.4, 0.5) is 5.69 Å². The van der Waals surface area contributed by atoms with Crippen molar-refractivity contribution in [2.45, 2.75) is 32.2 Å². The van der Waals surface area contributed by atoms with Gasteiger partial charge in [0.2, 0.25) is 5.90 Å². The first-order valence-electron chi connectivity index (χ1n) is 5.95. The first-order valence-corrected chi connectivity index (χ1v) is 5.95. The van der Waals surface area contributed by atoms with Crippen LogP contribution >= 0.6 is 0 Å². The van der Waals surface area contributed by atoms with Gasteiger partial charge < -0.3 is 10.5 Å². The molecule has 0 saturated carbocycles. The van der Waals surface area contributed by atoms with Crippen molar-refractivity contribution in [3.05, 3.63) is 42.2 Å². The highest BCUT2D eigenvalue weighted by Gasteiger charge is 2.38. The largest absolute Gasteiger partial charge is 0.441 e. The summed E-state index contributed by atoms with van der Waals surface area (Å²) in [5.74, 6) is 1.32. The number of benzene rings is 1. The Morgan fingerprint density at radius 2 is 1.94 bits per heavy atom. The standard InChI is InChI=1S/C14H18N2O/c1-4-14(5-2)10(3)17-13(16-14)11-8-6-7-9-12(11)15/h6-9H,3-5,15H2,1-2H3. The Hall–Kier alpha value is -1.77. The normalized spacial score (nSPS) is 17.8. The molecule has 2 N–H and O–H groups in total. The van der Waals surface area contributed by atoms with Crippen LogP contribution in [0.25, 0.3) is 0 Å². The predicted octanol–water partition coefficient (Wildman–Crippen LogP) is 3.12. The average molecular weight is 230 g/mol. The maximum atomic E-state index is 5.93. The molecule has 0 amide bonds. The summed E-state index contributed by atoms with van der Waals surface area (Å²) in [6, 6.07) is 7.60. The minimum atomic E-state index is -0.280. The summed E-state index contributed by atoms with van der Waals surface area (Å²) in [6.07, 6.45) is 1.77. The third kappa shape index (κ3) is 1.82. The average Bonchev–Trinajstić information content (AvgIpc) is 2.67. The Balaban J connectivity index is 2.43. The Morgan fingerprint density at radius 1 is 1.29 bits per heavy atom. The molecule has 0 aliphatic carbocycles. The van der Waals surface area contributed by atoms with Gasteiger partial charge in [-0.15, -0.1) is 0 Å². The van der Waals surface area contributed by atoms with E-state index in [9.17, 15) is 0 Å². The van der Waals surface area contributed by atoms with Gasteiger partial charge in [-0.25, -0.2) is 4.99 Å². The van der Waals surface area contributed by atoms with Crippen LogP contribution in [0.3, 0.4) is 0 Å². The Bertz CT molecular complexity index is 473. The highest BCUT2D eigenvalue weighted by Crippen LogP contribution is 2.36. The van der Waals surface area contributed by atoms with Gasteiger partial charge in [-0.3, -0.25) is 0 Å². The van der Waals surface area contributed by atoms with E-state index in [-0.39, 0.29) is 5.54 Å². The van der Waals surface area contributed by atoms with E-state index >= 15 is 0 Å². The zero-order chi connectivity index (χ0) is 12.5. The molecule has 2 rings (SSSR count). The molecule has 1 heterocycles. The van der Waals surface area contributed by atoms with Crippen molar-refractivity contribution in [1.29, 1.82) is 0 Å². The molecule has 90 valence electrons. The van der Waals surface area contributed by atoms with E-state index in [0.29, 0.717) is 11.6 Å². The molecule has 0 unspecified atom stereocenters. The number of rotatable bonds is 3. The second-order valence-electron chi connectivity index (χ2n) is 4.27. The molecule has 0 atom stereocenters. The third-order valence-corrected chi connectivity index (χ3v) is 3.42. The second kappa shape index (κ2) is 4.24. The van der Waals surface area contributed by atoms with Gasteiger partial charge in [0.1, 0.15) is 11.3 Å². The van der Waals surface area contributed by atoms with Crippen molar-refractivity contribution in [1.82, 2.24) is 0 Å². The van der Waals surface area contributed by atoms with Crippen LogP contribution in [0.1, 0.15) is 32.3 Å². The number of ether oxygens (including phenoxy) is 1. The lowest BCUT2D eigenvalue weighted by molar-refractivity contribution is 0.342. The number of anilines is 1. The molecule has 1 aliphatic rings. The fourth-order valence-corrected chi connectivity index (χ4v) is 2.10. The zero-order valence-electron chi connectivity index (χ0n) is 10.4. The molecule has 1 aromatic rings. The first kappa shape index (κ1) is 11.7. The van der Waals surface area contributed by atoms with Crippen molar-refractivity contribution < 1.29 is 4.74 Å². The van der Waals surface area contributed by atoms with E-state index in [2.05, 4.69) is 25.4 Å². The highest BCUT2D eigenvalue weighted by molar-refractivity contribution is 6.01. The smallest absolute Gasteiger partial charge is 0.224 e. The molecular formula is C14H18N2O. The summed E-state index contributed by atoms with van der Waals surface area (Å²) >= 11 is 0. The van der Waals surface area contributed by atoms with E-state index < -0.39 is 0 Å². The van der Waals surface area contributed by atoms with Crippen molar-refractivity contribution in [2.24, 2.45) is 4.99 Å². The monoisotopic (exact) mass is 230 g/mol. The minimum Gasteiger partial charge on any atom is -0.441 e. The number of nitrogens with two attached hydrogens (primary N) is 1. The van der Waals surface area contributed by atoms with Crippen LogP contribution < -0.4 is 5.73 Å². The maximum absolute atomic E-state index is 5.93. The van der Waals surface area contributed by atoms with Crippen molar-refractivity contribution in [3.8, 4) is 0 Å². The number of hydrogen-bond donors (Lipinski definition) is 1. The molecule has 1 aliphatic heterocycles. The summed E-state index contributed by atoms with van der Waals surface area (Å²) in [5, 5.41) is 0. The number of para-hydroxylation sites is 1. The van der Waals surface area contributed by atoms with E-state index in [1.807, 2.05) is 24.3 Å². The Labute approximate surface area is 102 Å². The van der Waals surface area contributed by atoms with Gasteiger partial charge >= 0.3 is 0 Å². The maximum Gasteiger partial charge on any atom is 0.224 e. The second-order valence-corrected chi connectivity index (χ2v) is 4.27. The Kier molecular flexibility index (Phi) is 2.92.